The van der Waals surface area contributed by atoms with Crippen LogP contribution in [0.1, 0.15) is 35.4 Å². The number of rotatable bonds is 8. The Morgan fingerprint density at radius 3 is 1.94 bits per heavy atom. The number of nitrogens with one attached hydrogen (secondary N) is 2. The van der Waals surface area contributed by atoms with E-state index in [1.165, 1.54) is 0 Å². The number of carbonyl (C=O) groups is 2. The molecule has 3 aromatic carbocycles. The Hall–Kier alpha value is -3.15. The first-order valence-electron chi connectivity index (χ1n) is 11.1. The third-order valence-corrected chi connectivity index (χ3v) is 5.80. The number of ether oxygens (including phenoxy) is 1. The van der Waals surface area contributed by atoms with Crippen LogP contribution in [0.25, 0.3) is 0 Å². The average Bonchev–Trinajstić information content (AvgIpc) is 3.39. The molecule has 1 fully saturated rings. The van der Waals surface area contributed by atoms with E-state index in [0.717, 1.165) is 36.1 Å². The summed E-state index contributed by atoms with van der Waals surface area (Å²) in [5.74, 6) is -0.982. The standard InChI is InChI=1S/C27H28N2O3.ClH/c30-26(23-17-10-18-28-23)29-25(27(31)32-19-20-11-4-1-5-12-20)24(21-13-6-2-7-14-21)22-15-8-3-9-16-22;/h1-9,11-16,23-25,28H,10,17-19H2,(H,29,30);1H/t23-,25?;/m0./s1. The molecule has 0 aromatic heterocycles. The van der Waals surface area contributed by atoms with Gasteiger partial charge < -0.3 is 15.4 Å². The summed E-state index contributed by atoms with van der Waals surface area (Å²) in [6.45, 7) is 0.964. The van der Waals surface area contributed by atoms with Gasteiger partial charge in [-0.3, -0.25) is 4.79 Å². The normalized spacial score (nSPS) is 16.0. The zero-order valence-corrected chi connectivity index (χ0v) is 19.2. The molecule has 6 heteroatoms. The molecule has 1 saturated heterocycles. The van der Waals surface area contributed by atoms with Gasteiger partial charge in [0, 0.05) is 5.92 Å². The molecule has 0 radical (unpaired) electrons. The third kappa shape index (κ3) is 6.44. The van der Waals surface area contributed by atoms with Crippen LogP contribution in [0.2, 0.25) is 0 Å². The molecule has 0 bridgehead atoms. The highest BCUT2D eigenvalue weighted by atomic mass is 35.5. The molecule has 0 saturated carbocycles. The Bertz CT molecular complexity index is 970. The molecule has 4 rings (SSSR count). The quantitative estimate of drug-likeness (QED) is 0.490. The maximum absolute atomic E-state index is 13.4. The Kier molecular flexibility index (Phi) is 9.04. The van der Waals surface area contributed by atoms with E-state index in [2.05, 4.69) is 10.6 Å². The summed E-state index contributed by atoms with van der Waals surface area (Å²) in [6.07, 6.45) is 1.71. The molecule has 33 heavy (non-hydrogen) atoms. The summed E-state index contributed by atoms with van der Waals surface area (Å²) in [4.78, 5) is 26.4. The van der Waals surface area contributed by atoms with Crippen LogP contribution in [-0.4, -0.2) is 30.5 Å². The Morgan fingerprint density at radius 2 is 1.42 bits per heavy atom. The summed E-state index contributed by atoms with van der Waals surface area (Å²) in [7, 11) is 0. The van der Waals surface area contributed by atoms with Crippen LogP contribution in [-0.2, 0) is 20.9 Å². The van der Waals surface area contributed by atoms with Crippen molar-refractivity contribution in [1.29, 1.82) is 0 Å². The summed E-state index contributed by atoms with van der Waals surface area (Å²) < 4.78 is 5.70. The Balaban J connectivity index is 0.00000306. The van der Waals surface area contributed by atoms with Gasteiger partial charge in [0.25, 0.3) is 0 Å². The molecular weight excluding hydrogens is 436 g/mol. The lowest BCUT2D eigenvalue weighted by atomic mass is 9.84. The third-order valence-electron chi connectivity index (χ3n) is 5.80. The maximum Gasteiger partial charge on any atom is 0.329 e. The van der Waals surface area contributed by atoms with E-state index in [0.29, 0.717) is 0 Å². The van der Waals surface area contributed by atoms with Crippen LogP contribution in [0, 0.1) is 0 Å². The molecule has 1 aliphatic rings. The summed E-state index contributed by atoms with van der Waals surface area (Å²) in [5, 5.41) is 6.23. The van der Waals surface area contributed by atoms with Gasteiger partial charge in [-0.25, -0.2) is 4.79 Å². The van der Waals surface area contributed by atoms with E-state index in [-0.39, 0.29) is 36.9 Å². The predicted octanol–water partition coefficient (Wildman–Crippen LogP) is 4.22. The zero-order chi connectivity index (χ0) is 22.2. The Labute approximate surface area is 201 Å². The molecule has 0 aliphatic carbocycles. The number of hydrogen-bond donors (Lipinski definition) is 2. The van der Waals surface area contributed by atoms with Crippen LogP contribution >= 0.6 is 12.4 Å². The second-order valence-electron chi connectivity index (χ2n) is 8.03. The topological polar surface area (TPSA) is 67.4 Å². The van der Waals surface area contributed by atoms with Crippen LogP contribution in [0.4, 0.5) is 0 Å². The molecule has 1 unspecified atom stereocenters. The van der Waals surface area contributed by atoms with E-state index in [4.69, 9.17) is 4.74 Å². The lowest BCUT2D eigenvalue weighted by Crippen LogP contribution is -2.51. The fourth-order valence-corrected chi connectivity index (χ4v) is 4.16. The first kappa shape index (κ1) is 24.5. The number of carbonyl (C=O) groups excluding carboxylic acids is 2. The van der Waals surface area contributed by atoms with Crippen molar-refractivity contribution in [2.24, 2.45) is 0 Å². The van der Waals surface area contributed by atoms with Crippen molar-refractivity contribution in [2.45, 2.75) is 37.5 Å². The average molecular weight is 465 g/mol. The zero-order valence-electron chi connectivity index (χ0n) is 18.4. The SMILES string of the molecule is Cl.O=C(OCc1ccccc1)C(NC(=O)[C@@H]1CCCN1)C(c1ccccc1)c1ccccc1. The molecule has 2 N–H and O–H groups in total. The monoisotopic (exact) mass is 464 g/mol. The molecule has 1 heterocycles. The predicted molar refractivity (Wildman–Crippen MR) is 131 cm³/mol. The number of amides is 1. The van der Waals surface area contributed by atoms with E-state index in [9.17, 15) is 9.59 Å². The second kappa shape index (κ2) is 12.2. The first-order valence-corrected chi connectivity index (χ1v) is 11.1. The van der Waals surface area contributed by atoms with Gasteiger partial charge in [0.15, 0.2) is 0 Å². The minimum absolute atomic E-state index is 0. The van der Waals surface area contributed by atoms with Crippen LogP contribution in [0.5, 0.6) is 0 Å². The second-order valence-corrected chi connectivity index (χ2v) is 8.03. The number of halogens is 1. The minimum Gasteiger partial charge on any atom is -0.459 e. The molecule has 2 atom stereocenters. The van der Waals surface area contributed by atoms with E-state index < -0.39 is 12.0 Å². The number of hydrogen-bond acceptors (Lipinski definition) is 4. The summed E-state index contributed by atoms with van der Waals surface area (Å²) >= 11 is 0. The molecule has 1 amide bonds. The van der Waals surface area contributed by atoms with Crippen molar-refractivity contribution in [3.8, 4) is 0 Å². The van der Waals surface area contributed by atoms with Crippen molar-refractivity contribution < 1.29 is 14.3 Å². The van der Waals surface area contributed by atoms with E-state index in [1.54, 1.807) is 0 Å². The van der Waals surface area contributed by atoms with Gasteiger partial charge >= 0.3 is 5.97 Å². The molecule has 1 aliphatic heterocycles. The highest BCUT2D eigenvalue weighted by Gasteiger charge is 2.35. The van der Waals surface area contributed by atoms with Crippen molar-refractivity contribution in [2.75, 3.05) is 6.54 Å². The van der Waals surface area contributed by atoms with Gasteiger partial charge in [-0.2, -0.15) is 0 Å². The lowest BCUT2D eigenvalue weighted by Gasteiger charge is -2.28. The summed E-state index contributed by atoms with van der Waals surface area (Å²) in [6, 6.07) is 28.0. The van der Waals surface area contributed by atoms with Gasteiger partial charge in [-0.1, -0.05) is 91.0 Å². The molecule has 0 spiro atoms. The van der Waals surface area contributed by atoms with E-state index >= 15 is 0 Å². The van der Waals surface area contributed by atoms with Gasteiger partial charge in [0.1, 0.15) is 12.6 Å². The fraction of sp³-hybridized carbons (Fsp3) is 0.259. The maximum atomic E-state index is 13.4. The fourth-order valence-electron chi connectivity index (χ4n) is 4.16. The number of benzene rings is 3. The van der Waals surface area contributed by atoms with E-state index in [1.807, 2.05) is 91.0 Å². The van der Waals surface area contributed by atoms with Crippen LogP contribution in [0.3, 0.4) is 0 Å². The minimum atomic E-state index is -0.849. The molecule has 172 valence electrons. The van der Waals surface area contributed by atoms with Crippen molar-refractivity contribution in [3.63, 3.8) is 0 Å². The molecular formula is C27H29ClN2O3. The van der Waals surface area contributed by atoms with Crippen LogP contribution < -0.4 is 10.6 Å². The van der Waals surface area contributed by atoms with Crippen molar-refractivity contribution in [3.05, 3.63) is 108 Å². The van der Waals surface area contributed by atoms with Crippen molar-refractivity contribution >= 4 is 24.3 Å². The first-order chi connectivity index (χ1) is 15.7. The lowest BCUT2D eigenvalue weighted by molar-refractivity contribution is -0.149. The molecule has 5 nitrogen and oxygen atoms in total. The van der Waals surface area contributed by atoms with Gasteiger partial charge in [0.05, 0.1) is 6.04 Å². The largest absolute Gasteiger partial charge is 0.459 e. The smallest absolute Gasteiger partial charge is 0.329 e. The van der Waals surface area contributed by atoms with Crippen LogP contribution in [0.15, 0.2) is 91.0 Å². The van der Waals surface area contributed by atoms with Gasteiger partial charge in [-0.15, -0.1) is 12.4 Å². The highest BCUT2D eigenvalue weighted by molar-refractivity contribution is 5.88. The van der Waals surface area contributed by atoms with Crippen molar-refractivity contribution in [1.82, 2.24) is 10.6 Å². The van der Waals surface area contributed by atoms with Gasteiger partial charge in [-0.05, 0) is 36.1 Å². The summed E-state index contributed by atoms with van der Waals surface area (Å²) in [5.41, 5.74) is 2.79. The molecule has 3 aromatic rings. The Morgan fingerprint density at radius 1 is 0.879 bits per heavy atom. The van der Waals surface area contributed by atoms with Gasteiger partial charge in [0.2, 0.25) is 5.91 Å². The highest BCUT2D eigenvalue weighted by Crippen LogP contribution is 2.29. The number of esters is 1.